The first-order chi connectivity index (χ1) is 6.60. The predicted octanol–water partition coefficient (Wildman–Crippen LogP) is 0.544. The zero-order valence-corrected chi connectivity index (χ0v) is 8.51. The van der Waals surface area contributed by atoms with Crippen LogP contribution in [0.3, 0.4) is 0 Å². The Morgan fingerprint density at radius 2 is 2.14 bits per heavy atom. The van der Waals surface area contributed by atoms with Gasteiger partial charge in [-0.3, -0.25) is 4.79 Å². The van der Waals surface area contributed by atoms with Crippen LogP contribution in [-0.4, -0.2) is 28.9 Å². The molecule has 0 aromatic rings. The summed E-state index contributed by atoms with van der Waals surface area (Å²) in [4.78, 5) is 11.8. The normalized spacial score (nSPS) is 35.1. The van der Waals surface area contributed by atoms with Crippen LogP contribution in [0, 0.1) is 0 Å². The van der Waals surface area contributed by atoms with Crippen molar-refractivity contribution in [2.45, 2.75) is 50.4 Å². The summed E-state index contributed by atoms with van der Waals surface area (Å²) in [6.07, 6.45) is 4.21. The Morgan fingerprint density at radius 3 is 2.71 bits per heavy atom. The minimum absolute atomic E-state index is 0.00551. The standard InChI is InChI=1S/C10H17NO3/c1-9(6-7-12)11-8(13)10(14-9)4-2-3-5-10/h12H,2-7H2,1H3,(H,11,13). The molecule has 1 unspecified atom stereocenters. The molecule has 0 aromatic carbocycles. The van der Waals surface area contributed by atoms with Crippen LogP contribution in [0.25, 0.3) is 0 Å². The highest BCUT2D eigenvalue weighted by molar-refractivity contribution is 5.87. The van der Waals surface area contributed by atoms with Crippen LogP contribution in [0.15, 0.2) is 0 Å². The Morgan fingerprint density at radius 1 is 1.50 bits per heavy atom. The van der Waals surface area contributed by atoms with Crippen molar-refractivity contribution >= 4 is 5.91 Å². The van der Waals surface area contributed by atoms with Gasteiger partial charge in [-0.1, -0.05) is 0 Å². The second-order valence-corrected chi connectivity index (χ2v) is 4.46. The molecular weight excluding hydrogens is 182 g/mol. The molecule has 0 aromatic heterocycles. The summed E-state index contributed by atoms with van der Waals surface area (Å²) < 4.78 is 5.83. The minimum Gasteiger partial charge on any atom is -0.396 e. The topological polar surface area (TPSA) is 58.6 Å². The van der Waals surface area contributed by atoms with Crippen molar-refractivity contribution in [3.8, 4) is 0 Å². The summed E-state index contributed by atoms with van der Waals surface area (Å²) in [5.41, 5.74) is -1.24. The van der Waals surface area contributed by atoms with E-state index in [1.807, 2.05) is 6.92 Å². The van der Waals surface area contributed by atoms with E-state index in [1.165, 1.54) is 0 Å². The summed E-state index contributed by atoms with van der Waals surface area (Å²) in [6, 6.07) is 0. The summed E-state index contributed by atoms with van der Waals surface area (Å²) in [7, 11) is 0. The molecule has 0 radical (unpaired) electrons. The maximum absolute atomic E-state index is 11.8. The minimum atomic E-state index is -0.657. The van der Waals surface area contributed by atoms with E-state index in [2.05, 4.69) is 5.32 Å². The van der Waals surface area contributed by atoms with Gasteiger partial charge in [0, 0.05) is 13.0 Å². The van der Waals surface area contributed by atoms with Crippen molar-refractivity contribution in [2.24, 2.45) is 0 Å². The molecule has 1 atom stereocenters. The van der Waals surface area contributed by atoms with Crippen molar-refractivity contribution in [2.75, 3.05) is 6.61 Å². The van der Waals surface area contributed by atoms with Crippen LogP contribution in [0.2, 0.25) is 0 Å². The largest absolute Gasteiger partial charge is 0.396 e. The predicted molar refractivity (Wildman–Crippen MR) is 50.5 cm³/mol. The third-order valence-electron chi connectivity index (χ3n) is 3.21. The maximum atomic E-state index is 11.8. The fourth-order valence-electron chi connectivity index (χ4n) is 2.46. The van der Waals surface area contributed by atoms with Gasteiger partial charge >= 0.3 is 0 Å². The Balaban J connectivity index is 2.13. The number of rotatable bonds is 2. The van der Waals surface area contributed by atoms with Gasteiger partial charge in [0.05, 0.1) is 0 Å². The number of ether oxygens (including phenoxy) is 1. The number of nitrogens with one attached hydrogen (secondary N) is 1. The van der Waals surface area contributed by atoms with Crippen LogP contribution in [0.5, 0.6) is 0 Å². The number of aliphatic hydroxyl groups excluding tert-OH is 1. The highest BCUT2D eigenvalue weighted by Crippen LogP contribution is 2.41. The van der Waals surface area contributed by atoms with Crippen molar-refractivity contribution < 1.29 is 14.6 Å². The van der Waals surface area contributed by atoms with Crippen molar-refractivity contribution in [3.63, 3.8) is 0 Å². The second-order valence-electron chi connectivity index (χ2n) is 4.46. The number of carbonyl (C=O) groups excluding carboxylic acids is 1. The van der Waals surface area contributed by atoms with Crippen LogP contribution in [0.4, 0.5) is 0 Å². The van der Waals surface area contributed by atoms with E-state index in [0.29, 0.717) is 6.42 Å². The highest BCUT2D eigenvalue weighted by atomic mass is 16.6. The lowest BCUT2D eigenvalue weighted by molar-refractivity contribution is -0.139. The fraction of sp³-hybridized carbons (Fsp3) is 0.900. The lowest BCUT2D eigenvalue weighted by Gasteiger charge is -2.26. The monoisotopic (exact) mass is 199 g/mol. The average molecular weight is 199 g/mol. The smallest absolute Gasteiger partial charge is 0.254 e. The molecule has 1 aliphatic heterocycles. The third kappa shape index (κ3) is 1.42. The molecule has 2 N–H and O–H groups in total. The van der Waals surface area contributed by atoms with Crippen molar-refractivity contribution in [3.05, 3.63) is 0 Å². The Bertz CT molecular complexity index is 248. The molecule has 1 saturated heterocycles. The molecule has 4 heteroatoms. The molecule has 1 spiro atoms. The molecule has 14 heavy (non-hydrogen) atoms. The number of hydrogen-bond donors (Lipinski definition) is 2. The number of aliphatic hydroxyl groups is 1. The lowest BCUT2D eigenvalue weighted by atomic mass is 10.0. The fourth-order valence-corrected chi connectivity index (χ4v) is 2.46. The van der Waals surface area contributed by atoms with Crippen molar-refractivity contribution in [1.82, 2.24) is 5.32 Å². The molecule has 2 rings (SSSR count). The van der Waals surface area contributed by atoms with E-state index in [1.54, 1.807) is 0 Å². The first-order valence-corrected chi connectivity index (χ1v) is 5.24. The van der Waals surface area contributed by atoms with E-state index in [4.69, 9.17) is 9.84 Å². The SMILES string of the molecule is CC1(CCO)NC(=O)C2(CCCC2)O1. The van der Waals surface area contributed by atoms with E-state index < -0.39 is 11.3 Å². The molecule has 80 valence electrons. The molecule has 1 aliphatic carbocycles. The van der Waals surface area contributed by atoms with E-state index in [-0.39, 0.29) is 12.5 Å². The molecular formula is C10H17NO3. The Hall–Kier alpha value is -0.610. The maximum Gasteiger partial charge on any atom is 0.254 e. The third-order valence-corrected chi connectivity index (χ3v) is 3.21. The first-order valence-electron chi connectivity index (χ1n) is 5.24. The Kier molecular flexibility index (Phi) is 2.27. The summed E-state index contributed by atoms with van der Waals surface area (Å²) in [5.74, 6) is 0.00551. The van der Waals surface area contributed by atoms with E-state index in [0.717, 1.165) is 25.7 Å². The quantitative estimate of drug-likeness (QED) is 0.682. The van der Waals surface area contributed by atoms with Gasteiger partial charge in [-0.25, -0.2) is 0 Å². The van der Waals surface area contributed by atoms with Gasteiger partial charge in [-0.05, 0) is 32.6 Å². The van der Waals surface area contributed by atoms with Gasteiger partial charge in [0.2, 0.25) is 0 Å². The van der Waals surface area contributed by atoms with Gasteiger partial charge < -0.3 is 15.2 Å². The van der Waals surface area contributed by atoms with Crippen LogP contribution in [0.1, 0.15) is 39.0 Å². The molecule has 2 aliphatic rings. The molecule has 2 fully saturated rings. The molecule has 1 heterocycles. The first kappa shape index (κ1) is 9.93. The number of amides is 1. The van der Waals surface area contributed by atoms with E-state index >= 15 is 0 Å². The second kappa shape index (κ2) is 3.21. The van der Waals surface area contributed by atoms with Gasteiger partial charge in [0.15, 0.2) is 0 Å². The summed E-state index contributed by atoms with van der Waals surface area (Å²) in [5, 5.41) is 11.7. The van der Waals surface area contributed by atoms with E-state index in [9.17, 15) is 4.79 Å². The summed E-state index contributed by atoms with van der Waals surface area (Å²) in [6.45, 7) is 1.86. The molecule has 1 amide bonds. The van der Waals surface area contributed by atoms with Gasteiger partial charge in [0.25, 0.3) is 5.91 Å². The zero-order valence-electron chi connectivity index (χ0n) is 8.51. The Labute approximate surface area is 83.6 Å². The van der Waals surface area contributed by atoms with Gasteiger partial charge in [-0.15, -0.1) is 0 Å². The van der Waals surface area contributed by atoms with Crippen LogP contribution in [-0.2, 0) is 9.53 Å². The lowest BCUT2D eigenvalue weighted by Crippen LogP contribution is -2.40. The molecule has 4 nitrogen and oxygen atoms in total. The zero-order chi connectivity index (χ0) is 10.2. The number of hydrogen-bond acceptors (Lipinski definition) is 3. The highest BCUT2D eigenvalue weighted by Gasteiger charge is 2.54. The number of carbonyl (C=O) groups is 1. The van der Waals surface area contributed by atoms with Gasteiger partial charge in [-0.2, -0.15) is 0 Å². The summed E-state index contributed by atoms with van der Waals surface area (Å²) >= 11 is 0. The van der Waals surface area contributed by atoms with Gasteiger partial charge in [0.1, 0.15) is 11.3 Å². The molecule has 1 saturated carbocycles. The van der Waals surface area contributed by atoms with Crippen molar-refractivity contribution in [1.29, 1.82) is 0 Å². The van der Waals surface area contributed by atoms with Crippen LogP contribution >= 0.6 is 0 Å². The molecule has 0 bridgehead atoms. The average Bonchev–Trinajstić information content (AvgIpc) is 2.61. The van der Waals surface area contributed by atoms with Crippen LogP contribution < -0.4 is 5.32 Å².